The van der Waals surface area contributed by atoms with Gasteiger partial charge in [-0.1, -0.05) is 6.07 Å². The highest BCUT2D eigenvalue weighted by Crippen LogP contribution is 2.25. The zero-order valence-electron chi connectivity index (χ0n) is 17.5. The molecule has 3 aromatic rings. The van der Waals surface area contributed by atoms with E-state index in [0.717, 1.165) is 24.6 Å². The van der Waals surface area contributed by atoms with E-state index in [0.29, 0.717) is 23.1 Å². The zero-order chi connectivity index (χ0) is 21.8. The molecule has 1 aromatic heterocycles. The van der Waals surface area contributed by atoms with Gasteiger partial charge in [-0.2, -0.15) is 0 Å². The van der Waals surface area contributed by atoms with Crippen molar-refractivity contribution >= 4 is 33.0 Å². The second-order valence-corrected chi connectivity index (χ2v) is 9.02. The van der Waals surface area contributed by atoms with Crippen molar-refractivity contribution in [2.24, 2.45) is 0 Å². The van der Waals surface area contributed by atoms with Gasteiger partial charge in [-0.05, 0) is 56.2 Å². The number of aryl methyl sites for hydroxylation is 1. The number of anilines is 4. The topological polar surface area (TPSA) is 96.5 Å². The first-order chi connectivity index (χ1) is 14.9. The summed E-state index contributed by atoms with van der Waals surface area (Å²) in [5, 5.41) is 3.27. The molecule has 2 N–H and O–H groups in total. The number of rotatable bonds is 7. The van der Waals surface area contributed by atoms with Crippen LogP contribution in [0.15, 0.2) is 59.5 Å². The normalized spacial score (nSPS) is 13.8. The monoisotopic (exact) mass is 439 g/mol. The molecule has 9 heteroatoms. The van der Waals surface area contributed by atoms with E-state index in [2.05, 4.69) is 24.9 Å². The Labute approximate surface area is 182 Å². The van der Waals surface area contributed by atoms with E-state index >= 15 is 0 Å². The molecule has 0 unspecified atom stereocenters. The third-order valence-corrected chi connectivity index (χ3v) is 6.39. The molecule has 0 atom stereocenters. The van der Waals surface area contributed by atoms with Crippen LogP contribution in [0.5, 0.6) is 5.75 Å². The van der Waals surface area contributed by atoms with Crippen molar-refractivity contribution in [3.8, 4) is 5.75 Å². The Bertz CT molecular complexity index is 1160. The molecule has 162 valence electrons. The van der Waals surface area contributed by atoms with Gasteiger partial charge in [0.05, 0.1) is 12.0 Å². The van der Waals surface area contributed by atoms with Crippen LogP contribution >= 0.6 is 0 Å². The van der Waals surface area contributed by atoms with Gasteiger partial charge in [0.1, 0.15) is 23.2 Å². The molecular formula is C22H25N5O3S. The number of sulfonamides is 1. The van der Waals surface area contributed by atoms with E-state index in [4.69, 9.17) is 4.74 Å². The van der Waals surface area contributed by atoms with Crippen LogP contribution in [0.4, 0.5) is 23.0 Å². The second kappa shape index (κ2) is 8.81. The maximum Gasteiger partial charge on any atom is 0.262 e. The Morgan fingerprint density at radius 2 is 1.68 bits per heavy atom. The van der Waals surface area contributed by atoms with E-state index < -0.39 is 10.0 Å². The molecule has 1 fully saturated rings. The quantitative estimate of drug-likeness (QED) is 0.576. The first-order valence-corrected chi connectivity index (χ1v) is 11.6. The summed E-state index contributed by atoms with van der Waals surface area (Å²) in [4.78, 5) is 11.4. The molecule has 0 radical (unpaired) electrons. The van der Waals surface area contributed by atoms with Crippen molar-refractivity contribution in [1.82, 2.24) is 9.97 Å². The van der Waals surface area contributed by atoms with Gasteiger partial charge in [0.2, 0.25) is 0 Å². The van der Waals surface area contributed by atoms with Crippen molar-refractivity contribution in [3.05, 3.63) is 60.4 Å². The molecule has 1 saturated heterocycles. The fourth-order valence-corrected chi connectivity index (χ4v) is 4.57. The lowest BCUT2D eigenvalue weighted by Gasteiger charge is -2.18. The number of methoxy groups -OCH3 is 1. The predicted octanol–water partition coefficient (Wildman–Crippen LogP) is 3.94. The summed E-state index contributed by atoms with van der Waals surface area (Å²) in [6.07, 6.45) is 2.36. The van der Waals surface area contributed by atoms with E-state index in [1.54, 1.807) is 36.4 Å². The van der Waals surface area contributed by atoms with Gasteiger partial charge in [0.15, 0.2) is 0 Å². The molecule has 2 aromatic carbocycles. The zero-order valence-corrected chi connectivity index (χ0v) is 18.3. The molecular weight excluding hydrogens is 414 g/mol. The van der Waals surface area contributed by atoms with Crippen molar-refractivity contribution < 1.29 is 13.2 Å². The molecule has 0 spiro atoms. The summed E-state index contributed by atoms with van der Waals surface area (Å²) >= 11 is 0. The molecule has 8 nitrogen and oxygen atoms in total. The molecule has 2 heterocycles. The van der Waals surface area contributed by atoms with Gasteiger partial charge in [-0.25, -0.2) is 18.4 Å². The maximum absolute atomic E-state index is 12.6. The Hall–Kier alpha value is -3.33. The molecule has 31 heavy (non-hydrogen) atoms. The molecule has 1 aliphatic heterocycles. The first kappa shape index (κ1) is 20.9. The van der Waals surface area contributed by atoms with Crippen LogP contribution in [0.2, 0.25) is 0 Å². The average molecular weight is 440 g/mol. The van der Waals surface area contributed by atoms with Crippen molar-refractivity contribution in [2.45, 2.75) is 24.7 Å². The van der Waals surface area contributed by atoms with Crippen LogP contribution in [-0.2, 0) is 10.0 Å². The summed E-state index contributed by atoms with van der Waals surface area (Å²) in [6, 6.07) is 15.3. The summed E-state index contributed by atoms with van der Waals surface area (Å²) in [5.74, 6) is 2.82. The van der Waals surface area contributed by atoms with Crippen LogP contribution < -0.4 is 19.7 Å². The highest BCUT2D eigenvalue weighted by Gasteiger charge is 2.16. The smallest absolute Gasteiger partial charge is 0.262 e. The lowest BCUT2D eigenvalue weighted by molar-refractivity contribution is 0.413. The minimum absolute atomic E-state index is 0.139. The highest BCUT2D eigenvalue weighted by molar-refractivity contribution is 7.92. The first-order valence-electron chi connectivity index (χ1n) is 10.1. The minimum Gasteiger partial charge on any atom is -0.497 e. The van der Waals surface area contributed by atoms with E-state index in [-0.39, 0.29) is 4.90 Å². The lowest BCUT2D eigenvalue weighted by atomic mass is 10.3. The second-order valence-electron chi connectivity index (χ2n) is 7.34. The van der Waals surface area contributed by atoms with Gasteiger partial charge in [0.25, 0.3) is 10.0 Å². The minimum atomic E-state index is -3.71. The molecule has 0 bridgehead atoms. The average Bonchev–Trinajstić information content (AvgIpc) is 3.30. The Kier molecular flexibility index (Phi) is 5.94. The number of ether oxygens (including phenoxy) is 1. The molecule has 0 amide bonds. The van der Waals surface area contributed by atoms with Crippen LogP contribution in [-0.4, -0.2) is 38.6 Å². The number of aromatic nitrogens is 2. The fraction of sp³-hybridized carbons (Fsp3) is 0.273. The Morgan fingerprint density at radius 3 is 2.39 bits per heavy atom. The third-order valence-electron chi connectivity index (χ3n) is 5.02. The van der Waals surface area contributed by atoms with Crippen molar-refractivity contribution in [3.63, 3.8) is 0 Å². The van der Waals surface area contributed by atoms with E-state index in [9.17, 15) is 8.42 Å². The van der Waals surface area contributed by atoms with Crippen molar-refractivity contribution in [2.75, 3.05) is 35.1 Å². The van der Waals surface area contributed by atoms with Gasteiger partial charge in [-0.15, -0.1) is 0 Å². The summed E-state index contributed by atoms with van der Waals surface area (Å²) < 4.78 is 33.0. The number of hydrogen-bond donors (Lipinski definition) is 2. The van der Waals surface area contributed by atoms with Crippen LogP contribution in [0.1, 0.15) is 18.7 Å². The van der Waals surface area contributed by atoms with Crippen molar-refractivity contribution in [1.29, 1.82) is 0 Å². The predicted molar refractivity (Wildman–Crippen MR) is 122 cm³/mol. The Balaban J connectivity index is 1.47. The highest BCUT2D eigenvalue weighted by atomic mass is 32.2. The lowest BCUT2D eigenvalue weighted by Crippen LogP contribution is -2.19. The summed E-state index contributed by atoms with van der Waals surface area (Å²) in [7, 11) is -2.22. The fourth-order valence-electron chi connectivity index (χ4n) is 3.48. The Morgan fingerprint density at radius 1 is 0.968 bits per heavy atom. The van der Waals surface area contributed by atoms with Gasteiger partial charge < -0.3 is 15.0 Å². The maximum atomic E-state index is 12.6. The third kappa shape index (κ3) is 5.05. The standard InChI is InChI=1S/C22H25N5O3S/c1-16-23-21(15-22(24-16)27-12-3-4-13-27)25-17-8-10-18(11-9-17)26-31(28,29)20-7-5-6-19(14-20)30-2/h5-11,14-15,26H,3-4,12-13H2,1-2H3,(H,23,24,25). The van der Waals surface area contributed by atoms with Gasteiger partial charge >= 0.3 is 0 Å². The van der Waals surface area contributed by atoms with Crippen LogP contribution in [0.3, 0.4) is 0 Å². The number of nitrogens with zero attached hydrogens (tertiary/aromatic N) is 3. The van der Waals surface area contributed by atoms with Crippen LogP contribution in [0, 0.1) is 6.92 Å². The van der Waals surface area contributed by atoms with E-state index in [1.165, 1.54) is 32.1 Å². The molecule has 4 rings (SSSR count). The largest absolute Gasteiger partial charge is 0.497 e. The number of benzene rings is 2. The van der Waals surface area contributed by atoms with Gasteiger partial charge in [-0.3, -0.25) is 4.72 Å². The van der Waals surface area contributed by atoms with E-state index in [1.807, 2.05) is 13.0 Å². The number of nitrogens with one attached hydrogen (secondary N) is 2. The van der Waals surface area contributed by atoms with Crippen LogP contribution in [0.25, 0.3) is 0 Å². The molecule has 0 aliphatic carbocycles. The SMILES string of the molecule is COc1cccc(S(=O)(=O)Nc2ccc(Nc3cc(N4CCCC4)nc(C)n3)cc2)c1. The molecule has 1 aliphatic rings. The molecule has 0 saturated carbocycles. The number of hydrogen-bond acceptors (Lipinski definition) is 7. The summed E-state index contributed by atoms with van der Waals surface area (Å²) in [5.41, 5.74) is 1.26. The van der Waals surface area contributed by atoms with Gasteiger partial charge in [0, 0.05) is 36.6 Å². The summed E-state index contributed by atoms with van der Waals surface area (Å²) in [6.45, 7) is 3.90.